The molecule has 1 heterocycles. The van der Waals surface area contributed by atoms with E-state index >= 15 is 0 Å². The van der Waals surface area contributed by atoms with E-state index in [0.29, 0.717) is 24.2 Å². The fourth-order valence-corrected chi connectivity index (χ4v) is 2.17. The quantitative estimate of drug-likeness (QED) is 0.475. The number of aliphatic imine (C=N–C) groups is 2. The average molecular weight is 359 g/mol. The van der Waals surface area contributed by atoms with Crippen molar-refractivity contribution in [2.45, 2.75) is 25.9 Å². The Balaban J connectivity index is 2.24. The molecule has 1 amide bonds. The molecule has 24 heavy (non-hydrogen) atoms. The van der Waals surface area contributed by atoms with Crippen molar-refractivity contribution in [1.82, 2.24) is 0 Å². The minimum atomic E-state index is -4.57. The third kappa shape index (κ3) is 4.35. The summed E-state index contributed by atoms with van der Waals surface area (Å²) in [4.78, 5) is 18.5. The highest BCUT2D eigenvalue weighted by molar-refractivity contribution is 6.30. The van der Waals surface area contributed by atoms with Gasteiger partial charge in [-0.1, -0.05) is 11.6 Å². The number of guanidine groups is 1. The van der Waals surface area contributed by atoms with Gasteiger partial charge in [-0.3, -0.25) is 4.79 Å². The number of carbonyl (C=O) groups excluding carboxylic acids is 1. The fourth-order valence-electron chi connectivity index (χ4n) is 1.99. The first-order chi connectivity index (χ1) is 11.2. The molecule has 0 unspecified atom stereocenters. The monoisotopic (exact) mass is 358 g/mol. The number of allylic oxidation sites excluding steroid dienone is 1. The van der Waals surface area contributed by atoms with Gasteiger partial charge in [-0.05, 0) is 43.8 Å². The number of benzene rings is 1. The zero-order valence-electron chi connectivity index (χ0n) is 12.7. The second kappa shape index (κ2) is 7.04. The predicted molar refractivity (Wildman–Crippen MR) is 88.6 cm³/mol. The average Bonchev–Trinajstić information content (AvgIpc) is 2.52. The number of hydrogen-bond acceptors (Lipinski definition) is 2. The smallest absolute Gasteiger partial charge is 0.326 e. The van der Waals surface area contributed by atoms with Crippen LogP contribution in [0, 0.1) is 0 Å². The Bertz CT molecular complexity index is 741. The molecule has 0 radical (unpaired) electrons. The van der Waals surface area contributed by atoms with E-state index < -0.39 is 16.9 Å². The highest BCUT2D eigenvalue weighted by Gasteiger charge is 2.32. The van der Waals surface area contributed by atoms with E-state index in [9.17, 15) is 18.0 Å². The summed E-state index contributed by atoms with van der Waals surface area (Å²) in [7, 11) is 0. The van der Waals surface area contributed by atoms with Crippen LogP contribution >= 0.6 is 11.6 Å². The summed E-state index contributed by atoms with van der Waals surface area (Å²) in [5, 5.41) is 4.76. The number of fused-ring (bicyclic) bond motifs is 1. The van der Waals surface area contributed by atoms with Gasteiger partial charge < -0.3 is 10.6 Å². The van der Waals surface area contributed by atoms with Crippen molar-refractivity contribution < 1.29 is 18.0 Å². The van der Waals surface area contributed by atoms with Crippen LogP contribution in [-0.2, 0) is 11.2 Å². The molecule has 1 aromatic carbocycles. The minimum absolute atomic E-state index is 0.0576. The van der Waals surface area contributed by atoms with Gasteiger partial charge in [0.1, 0.15) is 5.16 Å². The molecule has 1 aliphatic heterocycles. The standard InChI is InChI=1S/C15H14ClF3N4O/c1-8(15(17,18)19)13(16)23-14(20-2)21-10-4-5-11-9(7-10)3-6-12(24)22-11/h4-5,7H,2-3,6H2,1H3,(H,21,23)(H,22,24)/b13-8+. The maximum absolute atomic E-state index is 12.6. The van der Waals surface area contributed by atoms with Gasteiger partial charge in [-0.15, -0.1) is 0 Å². The lowest BCUT2D eigenvalue weighted by molar-refractivity contribution is -0.116. The minimum Gasteiger partial charge on any atom is -0.326 e. The SMILES string of the molecule is C=N/C(=N\C(Cl)=C(/C)C(F)(F)F)Nc1ccc2c(c1)CCC(=O)N2. The second-order valence-electron chi connectivity index (χ2n) is 5.05. The van der Waals surface area contributed by atoms with Crippen LogP contribution in [0.1, 0.15) is 18.9 Å². The van der Waals surface area contributed by atoms with Gasteiger partial charge in [-0.25, -0.2) is 9.98 Å². The number of aryl methyl sites for hydroxylation is 1. The van der Waals surface area contributed by atoms with Gasteiger partial charge in [0.2, 0.25) is 11.9 Å². The molecule has 2 rings (SSSR count). The first kappa shape index (κ1) is 18.0. The van der Waals surface area contributed by atoms with Crippen LogP contribution in [-0.4, -0.2) is 24.8 Å². The molecule has 9 heteroatoms. The van der Waals surface area contributed by atoms with E-state index in [4.69, 9.17) is 11.6 Å². The number of halogens is 4. The summed E-state index contributed by atoms with van der Waals surface area (Å²) in [5.74, 6) is -0.221. The van der Waals surface area contributed by atoms with Crippen molar-refractivity contribution in [2.75, 3.05) is 10.6 Å². The summed E-state index contributed by atoms with van der Waals surface area (Å²) in [6.07, 6.45) is -3.63. The molecule has 1 aliphatic rings. The van der Waals surface area contributed by atoms with E-state index in [-0.39, 0.29) is 11.9 Å². The van der Waals surface area contributed by atoms with Gasteiger partial charge >= 0.3 is 6.18 Å². The molecule has 0 aliphatic carbocycles. The van der Waals surface area contributed by atoms with Crippen molar-refractivity contribution in [3.8, 4) is 0 Å². The van der Waals surface area contributed by atoms with Gasteiger partial charge in [-0.2, -0.15) is 13.2 Å². The highest BCUT2D eigenvalue weighted by Crippen LogP contribution is 2.30. The second-order valence-corrected chi connectivity index (χ2v) is 5.41. The molecular formula is C15H14ClF3N4O. The lowest BCUT2D eigenvalue weighted by atomic mass is 10.0. The van der Waals surface area contributed by atoms with Crippen molar-refractivity contribution in [3.05, 3.63) is 34.5 Å². The van der Waals surface area contributed by atoms with Crippen LogP contribution in [0.2, 0.25) is 0 Å². The number of carbonyl (C=O) groups is 1. The fraction of sp³-hybridized carbons (Fsp3) is 0.267. The third-order valence-corrected chi connectivity index (χ3v) is 3.71. The molecule has 0 fully saturated rings. The zero-order valence-corrected chi connectivity index (χ0v) is 13.4. The summed E-state index contributed by atoms with van der Waals surface area (Å²) in [5.41, 5.74) is 1.12. The molecule has 0 atom stereocenters. The third-order valence-electron chi connectivity index (χ3n) is 3.35. The number of alkyl halides is 3. The maximum atomic E-state index is 12.6. The van der Waals surface area contributed by atoms with Crippen LogP contribution in [0.4, 0.5) is 24.5 Å². The van der Waals surface area contributed by atoms with Crippen LogP contribution in [0.25, 0.3) is 0 Å². The molecule has 5 nitrogen and oxygen atoms in total. The summed E-state index contributed by atoms with van der Waals surface area (Å²) in [6.45, 7) is 4.09. The molecule has 0 bridgehead atoms. The number of nitrogens with zero attached hydrogens (tertiary/aromatic N) is 2. The van der Waals surface area contributed by atoms with Crippen LogP contribution in [0.15, 0.2) is 38.9 Å². The van der Waals surface area contributed by atoms with Crippen LogP contribution in [0.3, 0.4) is 0 Å². The Morgan fingerprint density at radius 3 is 2.71 bits per heavy atom. The van der Waals surface area contributed by atoms with Gasteiger partial charge in [0.05, 0.1) is 5.57 Å². The van der Waals surface area contributed by atoms with E-state index in [2.05, 4.69) is 27.3 Å². The molecule has 0 spiro atoms. The summed E-state index contributed by atoms with van der Waals surface area (Å²) >= 11 is 5.58. The maximum Gasteiger partial charge on any atom is 0.415 e. The number of anilines is 2. The van der Waals surface area contributed by atoms with Crippen molar-refractivity contribution in [1.29, 1.82) is 0 Å². The summed E-state index contributed by atoms with van der Waals surface area (Å²) in [6, 6.07) is 5.08. The van der Waals surface area contributed by atoms with Crippen molar-refractivity contribution in [3.63, 3.8) is 0 Å². The predicted octanol–water partition coefficient (Wildman–Crippen LogP) is 4.07. The number of nitrogens with one attached hydrogen (secondary N) is 2. The lowest BCUT2D eigenvalue weighted by Crippen LogP contribution is -2.19. The molecule has 128 valence electrons. The van der Waals surface area contributed by atoms with Crippen LogP contribution in [0.5, 0.6) is 0 Å². The lowest BCUT2D eigenvalue weighted by Gasteiger charge is -2.18. The number of rotatable bonds is 2. The zero-order chi connectivity index (χ0) is 17.9. The van der Waals surface area contributed by atoms with Gasteiger partial charge in [0, 0.05) is 17.8 Å². The van der Waals surface area contributed by atoms with E-state index in [1.54, 1.807) is 18.2 Å². The first-order valence-electron chi connectivity index (χ1n) is 6.89. The van der Waals surface area contributed by atoms with E-state index in [1.165, 1.54) is 0 Å². The molecular weight excluding hydrogens is 345 g/mol. The first-order valence-corrected chi connectivity index (χ1v) is 7.27. The number of amides is 1. The van der Waals surface area contributed by atoms with Crippen molar-refractivity contribution >= 4 is 41.6 Å². The van der Waals surface area contributed by atoms with Crippen LogP contribution < -0.4 is 10.6 Å². The number of hydrogen-bond donors (Lipinski definition) is 2. The molecule has 2 N–H and O–H groups in total. The largest absolute Gasteiger partial charge is 0.415 e. The van der Waals surface area contributed by atoms with Crippen molar-refractivity contribution in [2.24, 2.45) is 9.98 Å². The molecule has 0 aromatic heterocycles. The Kier molecular flexibility index (Phi) is 5.28. The Hall–Kier alpha value is -2.35. The molecule has 0 saturated carbocycles. The van der Waals surface area contributed by atoms with E-state index in [0.717, 1.165) is 12.5 Å². The topological polar surface area (TPSA) is 65.8 Å². The van der Waals surface area contributed by atoms with Gasteiger partial charge in [0.15, 0.2) is 0 Å². The van der Waals surface area contributed by atoms with E-state index in [1.807, 2.05) is 0 Å². The molecule has 1 aromatic rings. The Labute approximate surface area is 141 Å². The normalized spacial score (nSPS) is 16.0. The molecule has 0 saturated heterocycles. The highest BCUT2D eigenvalue weighted by atomic mass is 35.5. The van der Waals surface area contributed by atoms with Gasteiger partial charge in [0.25, 0.3) is 0 Å². The summed E-state index contributed by atoms with van der Waals surface area (Å²) < 4.78 is 37.8. The Morgan fingerprint density at radius 1 is 1.38 bits per heavy atom. The Morgan fingerprint density at radius 2 is 2.08 bits per heavy atom.